The van der Waals surface area contributed by atoms with E-state index in [4.69, 9.17) is 0 Å². The average Bonchev–Trinajstić information content (AvgIpc) is 1.55. The third-order valence-corrected chi connectivity index (χ3v) is 27.7. The normalized spacial score (nSPS) is 24.6. The first-order chi connectivity index (χ1) is 55.5. The van der Waals surface area contributed by atoms with Crippen LogP contribution in [-0.2, 0) is 4.79 Å². The number of likely N-dealkylation sites (tertiary alicyclic amines) is 6. The third kappa shape index (κ3) is 24.8. The summed E-state index contributed by atoms with van der Waals surface area (Å²) in [6, 6.07) is 51.0. The summed E-state index contributed by atoms with van der Waals surface area (Å²) < 4.78 is 0. The molecule has 6 aromatic carbocycles. The largest absolute Gasteiger partial charge is 0.390 e. The van der Waals surface area contributed by atoms with Gasteiger partial charge in [-0.1, -0.05) is 148 Å². The predicted octanol–water partition coefficient (Wildman–Crippen LogP) is 15.9. The maximum atomic E-state index is 13.4. The summed E-state index contributed by atoms with van der Waals surface area (Å²) >= 11 is 0. The summed E-state index contributed by atoms with van der Waals surface area (Å²) in [5, 5.41) is 20.6. The Balaban J connectivity index is 0.000000246. The highest BCUT2D eigenvalue weighted by atomic mass is 32.1. The number of Topliss-reactive ketones (excluding diaryl/α,β-unsaturated/α-hetero) is 1. The summed E-state index contributed by atoms with van der Waals surface area (Å²) in [6.45, 7) is 19.5. The second kappa shape index (κ2) is 44.8. The molecule has 9 fully saturated rings. The molecule has 6 aromatic rings. The average molecular weight is 1730 g/mol. The molecule has 6 aliphatic heterocycles. The Morgan fingerprint density at radius 1 is 0.303 bits per heavy atom. The molecule has 0 spiro atoms. The SMILES string of the molecule is C.C.C.Cc1ccc(-c2ccc(C(=O)N(C)[C@H]3CCN(C(=O)N(C)C4CCN(C5CCC(=O)CC5)C4)C3)cc2)cc1.Cc1ccc(-c2ccc(C(=O)N(C)[C@H]3CCN(C(=O)N(C)C4CCN(C5CCC(C)(O)CC5)C4)C3)cc2)cc1.Cc1ccc(-c2ccc(C(=O)N(C)[C@H]3CCN(C(=O)N(C)C4CCN(C5CCC(C)(O)CC5)C4)C3)cc2)cc1.S.S.S. The Hall–Kier alpha value is -7.94. The van der Waals surface area contributed by atoms with Crippen molar-refractivity contribution in [1.82, 2.24) is 58.8 Å². The van der Waals surface area contributed by atoms with E-state index in [1.54, 1.807) is 4.90 Å². The zero-order valence-electron chi connectivity index (χ0n) is 72.4. The first-order valence-electron chi connectivity index (χ1n) is 43.1. The molecule has 2 N–H and O–H groups in total. The zero-order valence-corrected chi connectivity index (χ0v) is 75.4. The van der Waals surface area contributed by atoms with Crippen molar-refractivity contribution in [2.45, 2.75) is 238 Å². The van der Waals surface area contributed by atoms with E-state index in [2.05, 4.69) is 108 Å². The molecule has 0 aromatic heterocycles. The van der Waals surface area contributed by atoms with Crippen molar-refractivity contribution >= 4 is 82.1 Å². The van der Waals surface area contributed by atoms with Crippen LogP contribution in [0.5, 0.6) is 0 Å². The fraction of sp³-hybridized carbons (Fsp3) is 0.561. The van der Waals surface area contributed by atoms with Gasteiger partial charge in [-0.05, 0) is 207 Å². The van der Waals surface area contributed by atoms with E-state index in [-0.39, 0.29) is 135 Å². The molecule has 21 nitrogen and oxygen atoms in total. The van der Waals surface area contributed by atoms with Gasteiger partial charge in [-0.3, -0.25) is 33.9 Å². The molecule has 3 aliphatic carbocycles. The number of aryl methyl sites for hydroxylation is 3. The predicted molar refractivity (Wildman–Crippen MR) is 510 cm³/mol. The fourth-order valence-corrected chi connectivity index (χ4v) is 19.3. The topological polar surface area (TPSA) is 199 Å². The van der Waals surface area contributed by atoms with E-state index in [0.717, 1.165) is 175 Å². The number of urea groups is 3. The molecule has 24 heteroatoms. The van der Waals surface area contributed by atoms with E-state index in [0.29, 0.717) is 92.7 Å². The zero-order chi connectivity index (χ0) is 82.3. The Kier molecular flexibility index (Phi) is 37.1. The minimum Gasteiger partial charge on any atom is -0.390 e. The molecule has 3 unspecified atom stereocenters. The number of ketones is 1. The highest BCUT2D eigenvalue weighted by molar-refractivity contribution is 7.59. The van der Waals surface area contributed by atoms with Gasteiger partial charge in [0.1, 0.15) is 5.78 Å². The minimum atomic E-state index is -0.520. The smallest absolute Gasteiger partial charge is 0.320 e. The summed E-state index contributed by atoms with van der Waals surface area (Å²) in [7, 11) is 11.3. The van der Waals surface area contributed by atoms with Gasteiger partial charge in [0, 0.05) is 187 Å². The number of carbonyl (C=O) groups excluding carboxylic acids is 7. The van der Waals surface area contributed by atoms with Crippen molar-refractivity contribution in [3.63, 3.8) is 0 Å². The number of hydrogen-bond donors (Lipinski definition) is 2. The molecule has 122 heavy (non-hydrogen) atoms. The maximum absolute atomic E-state index is 13.4. The lowest BCUT2D eigenvalue weighted by Crippen LogP contribution is -2.48. The van der Waals surface area contributed by atoms with Gasteiger partial charge in [-0.2, -0.15) is 40.5 Å². The molecular formula is C98H146N12O9S3. The maximum Gasteiger partial charge on any atom is 0.320 e. The first kappa shape index (κ1) is 101. The standard InChI is InChI=1S/2C32H44N4O3.C31H40N4O3.3CH4.3H2S/c2*1-23-5-7-24(8-6-23)25-9-11-26(12-10-25)30(37)33(3)28-16-20-36(22-28)31(38)34(4)29-15-19-35(21-29)27-13-17-32(2,39)18-14-27;1-22-4-6-23(7-5-22)24-8-10-25(11-9-24)30(37)32(2)27-17-19-35(21-27)31(38)33(3)28-16-18-34(20-28)26-12-14-29(36)15-13-26;;;;;;/h2*5-12,27-29,39H,13-22H2,1-4H3;4-11,26-28H,12-21H2,1-3H3;3*1H4;3*1H2/t2*27?,28-,29?,32?;27-,28?;;;;;;/m000....../s1. The van der Waals surface area contributed by atoms with E-state index in [9.17, 15) is 43.8 Å². The van der Waals surface area contributed by atoms with Crippen LogP contribution in [0, 0.1) is 20.8 Å². The lowest BCUT2D eigenvalue weighted by atomic mass is 9.83. The van der Waals surface area contributed by atoms with E-state index in [1.165, 1.54) is 16.7 Å². The van der Waals surface area contributed by atoms with Crippen molar-refractivity contribution < 1.29 is 43.8 Å². The molecule has 6 atom stereocenters. The number of rotatable bonds is 15. The van der Waals surface area contributed by atoms with Crippen LogP contribution in [-0.4, -0.2) is 297 Å². The summed E-state index contributed by atoms with van der Waals surface area (Å²) in [5.74, 6) is 0.369. The number of benzene rings is 6. The molecule has 3 saturated carbocycles. The Labute approximate surface area is 751 Å². The monoisotopic (exact) mass is 1730 g/mol. The first-order valence-corrected chi connectivity index (χ1v) is 43.1. The Morgan fingerprint density at radius 3 is 0.746 bits per heavy atom. The van der Waals surface area contributed by atoms with Crippen LogP contribution in [0.2, 0.25) is 0 Å². The molecule has 0 radical (unpaired) electrons. The highest BCUT2D eigenvalue weighted by Crippen LogP contribution is 2.37. The second-order valence-electron chi connectivity index (χ2n) is 36.0. The quantitative estimate of drug-likeness (QED) is 0.0987. The number of hydrogen-bond acceptors (Lipinski definition) is 12. The number of likely N-dealkylation sites (N-methyl/N-ethyl adjacent to an activating group) is 6. The van der Waals surface area contributed by atoms with E-state index >= 15 is 0 Å². The van der Waals surface area contributed by atoms with Crippen LogP contribution in [0.15, 0.2) is 146 Å². The molecule has 15 rings (SSSR count). The molecule has 670 valence electrons. The second-order valence-corrected chi connectivity index (χ2v) is 36.0. The van der Waals surface area contributed by atoms with Crippen LogP contribution >= 0.6 is 40.5 Å². The van der Waals surface area contributed by atoms with Gasteiger partial charge >= 0.3 is 18.1 Å². The van der Waals surface area contributed by atoms with E-state index < -0.39 is 11.2 Å². The number of nitrogens with zero attached hydrogens (tertiary/aromatic N) is 12. The van der Waals surface area contributed by atoms with Gasteiger partial charge in [-0.15, -0.1) is 0 Å². The lowest BCUT2D eigenvalue weighted by molar-refractivity contribution is -0.121. The van der Waals surface area contributed by atoms with Gasteiger partial charge in [0.15, 0.2) is 0 Å². The number of aliphatic hydroxyl groups is 2. The van der Waals surface area contributed by atoms with Gasteiger partial charge in [0.2, 0.25) is 0 Å². The lowest BCUT2D eigenvalue weighted by Gasteiger charge is -2.38. The number of carbonyl (C=O) groups is 7. The van der Waals surface area contributed by atoms with Crippen LogP contribution in [0.3, 0.4) is 0 Å². The summed E-state index contributed by atoms with van der Waals surface area (Å²) in [5.41, 5.74) is 11.3. The molecular weight excluding hydrogens is 1590 g/mol. The van der Waals surface area contributed by atoms with Gasteiger partial charge in [-0.25, -0.2) is 14.4 Å². The molecule has 6 heterocycles. The third-order valence-electron chi connectivity index (χ3n) is 27.7. The van der Waals surface area contributed by atoms with Crippen molar-refractivity contribution in [3.05, 3.63) is 179 Å². The molecule has 9 aliphatic rings. The summed E-state index contributed by atoms with van der Waals surface area (Å²) in [4.78, 5) is 116. The number of amides is 9. The van der Waals surface area contributed by atoms with Crippen molar-refractivity contribution in [2.75, 3.05) is 121 Å². The van der Waals surface area contributed by atoms with Crippen molar-refractivity contribution in [2.24, 2.45) is 0 Å². The van der Waals surface area contributed by atoms with Gasteiger partial charge in [0.05, 0.1) is 29.3 Å². The Morgan fingerprint density at radius 2 is 0.508 bits per heavy atom. The molecule has 0 bridgehead atoms. The minimum absolute atomic E-state index is 0. The van der Waals surface area contributed by atoms with Gasteiger partial charge in [0.25, 0.3) is 17.7 Å². The Bertz CT molecular complexity index is 4170. The molecule has 9 amide bonds. The highest BCUT2D eigenvalue weighted by Gasteiger charge is 2.43. The summed E-state index contributed by atoms with van der Waals surface area (Å²) in [6.07, 6.45) is 16.1. The van der Waals surface area contributed by atoms with Crippen LogP contribution in [0.4, 0.5) is 14.4 Å². The van der Waals surface area contributed by atoms with Crippen LogP contribution in [0.1, 0.15) is 199 Å². The van der Waals surface area contributed by atoms with Crippen LogP contribution in [0.25, 0.3) is 33.4 Å². The van der Waals surface area contributed by atoms with Crippen LogP contribution < -0.4 is 0 Å². The van der Waals surface area contributed by atoms with Crippen molar-refractivity contribution in [1.29, 1.82) is 0 Å². The van der Waals surface area contributed by atoms with Crippen molar-refractivity contribution in [3.8, 4) is 33.4 Å². The van der Waals surface area contributed by atoms with E-state index in [1.807, 2.05) is 168 Å². The van der Waals surface area contributed by atoms with Gasteiger partial charge < -0.3 is 54.3 Å². The molecule has 6 saturated heterocycles. The fourth-order valence-electron chi connectivity index (χ4n) is 19.3.